The number of nitrogens with zero attached hydrogens (tertiary/aromatic N) is 1. The molecule has 2 aromatic rings. The van der Waals surface area contributed by atoms with Gasteiger partial charge in [0.15, 0.2) is 11.6 Å². The fourth-order valence-corrected chi connectivity index (χ4v) is 1.59. The van der Waals surface area contributed by atoms with Crippen LogP contribution >= 0.6 is 15.9 Å². The highest BCUT2D eigenvalue weighted by Gasteiger charge is 2.07. The zero-order chi connectivity index (χ0) is 13.1. The molecule has 4 nitrogen and oxygen atoms in total. The lowest BCUT2D eigenvalue weighted by molar-refractivity contribution is 0.0690. The summed E-state index contributed by atoms with van der Waals surface area (Å²) in [6.07, 6.45) is 1.23. The third-order valence-electron chi connectivity index (χ3n) is 2.08. The molecule has 2 rings (SSSR count). The Kier molecular flexibility index (Phi) is 3.57. The van der Waals surface area contributed by atoms with Crippen LogP contribution in [-0.2, 0) is 0 Å². The van der Waals surface area contributed by atoms with E-state index in [2.05, 4.69) is 20.9 Å². The highest BCUT2D eigenvalue weighted by molar-refractivity contribution is 9.10. The second-order valence-corrected chi connectivity index (χ2v) is 4.28. The first kappa shape index (κ1) is 12.5. The fraction of sp³-hybridized carbons (Fsp3) is 0. The van der Waals surface area contributed by atoms with E-state index in [1.807, 2.05) is 0 Å². The molecule has 0 atom stereocenters. The lowest BCUT2D eigenvalue weighted by Crippen LogP contribution is -1.99. The number of carboxylic acids is 1. The second-order valence-electron chi connectivity index (χ2n) is 3.36. The Hall–Kier alpha value is -1.95. The molecule has 1 N–H and O–H groups in total. The van der Waals surface area contributed by atoms with E-state index in [-0.39, 0.29) is 17.2 Å². The maximum Gasteiger partial charge on any atom is 0.354 e. The van der Waals surface area contributed by atoms with Crippen LogP contribution in [0.25, 0.3) is 0 Å². The smallest absolute Gasteiger partial charge is 0.354 e. The number of benzene rings is 1. The number of ether oxygens (including phenoxy) is 1. The molecule has 0 aliphatic heterocycles. The monoisotopic (exact) mass is 311 g/mol. The Labute approximate surface area is 110 Å². The van der Waals surface area contributed by atoms with Gasteiger partial charge in [0, 0.05) is 4.47 Å². The van der Waals surface area contributed by atoms with Crippen LogP contribution in [0.3, 0.4) is 0 Å². The normalized spacial score (nSPS) is 10.1. The molecule has 6 heteroatoms. The van der Waals surface area contributed by atoms with E-state index in [4.69, 9.17) is 9.84 Å². The van der Waals surface area contributed by atoms with Gasteiger partial charge in [0.25, 0.3) is 0 Å². The predicted molar refractivity (Wildman–Crippen MR) is 65.4 cm³/mol. The van der Waals surface area contributed by atoms with Crippen LogP contribution < -0.4 is 4.74 Å². The van der Waals surface area contributed by atoms with Crippen molar-refractivity contribution in [3.05, 3.63) is 52.5 Å². The molecule has 92 valence electrons. The van der Waals surface area contributed by atoms with Gasteiger partial charge in [-0.05, 0) is 30.3 Å². The topological polar surface area (TPSA) is 59.4 Å². The number of halogens is 2. The molecule has 0 unspecified atom stereocenters. The number of hydrogen-bond acceptors (Lipinski definition) is 3. The molecule has 1 heterocycles. The van der Waals surface area contributed by atoms with Gasteiger partial charge in [-0.2, -0.15) is 0 Å². The minimum Gasteiger partial charge on any atom is -0.477 e. The first-order valence-corrected chi connectivity index (χ1v) is 5.68. The summed E-state index contributed by atoms with van der Waals surface area (Å²) >= 11 is 3.13. The number of carbonyl (C=O) groups is 1. The van der Waals surface area contributed by atoms with Gasteiger partial charge in [0.05, 0.1) is 6.20 Å². The lowest BCUT2D eigenvalue weighted by atomic mass is 10.3. The summed E-state index contributed by atoms with van der Waals surface area (Å²) in [6.45, 7) is 0. The van der Waals surface area contributed by atoms with Gasteiger partial charge in [-0.25, -0.2) is 14.2 Å². The van der Waals surface area contributed by atoms with Crippen molar-refractivity contribution in [2.24, 2.45) is 0 Å². The molecule has 0 spiro atoms. The number of carboxylic acid groups (broad SMARTS) is 1. The highest BCUT2D eigenvalue weighted by atomic mass is 79.9. The molecule has 0 aliphatic rings. The van der Waals surface area contributed by atoms with Crippen LogP contribution in [0.1, 0.15) is 10.5 Å². The number of aromatic carboxylic acids is 1. The standard InChI is InChI=1S/C12H7BrFNO3/c13-7-1-4-11(9(14)5-7)18-8-2-3-10(12(16)17)15-6-8/h1-6H,(H,16,17). The number of hydrogen-bond donors (Lipinski definition) is 1. The molecular weight excluding hydrogens is 305 g/mol. The van der Waals surface area contributed by atoms with Crippen molar-refractivity contribution in [3.8, 4) is 11.5 Å². The van der Waals surface area contributed by atoms with Crippen molar-refractivity contribution in [1.82, 2.24) is 4.98 Å². The molecule has 0 saturated carbocycles. The van der Waals surface area contributed by atoms with E-state index in [1.165, 1.54) is 30.5 Å². The van der Waals surface area contributed by atoms with Crippen LogP contribution in [0.4, 0.5) is 4.39 Å². The van der Waals surface area contributed by atoms with Gasteiger partial charge in [-0.1, -0.05) is 15.9 Å². The molecular formula is C12H7BrFNO3. The van der Waals surface area contributed by atoms with Gasteiger partial charge < -0.3 is 9.84 Å². The van der Waals surface area contributed by atoms with Crippen LogP contribution in [0.5, 0.6) is 11.5 Å². The zero-order valence-electron chi connectivity index (χ0n) is 8.93. The molecule has 0 aliphatic carbocycles. The summed E-state index contributed by atoms with van der Waals surface area (Å²) in [5.41, 5.74) is -0.0985. The summed E-state index contributed by atoms with van der Waals surface area (Å²) < 4.78 is 19.3. The summed E-state index contributed by atoms with van der Waals surface area (Å²) in [4.78, 5) is 14.3. The third-order valence-corrected chi connectivity index (χ3v) is 2.57. The van der Waals surface area contributed by atoms with Crippen LogP contribution in [0.15, 0.2) is 41.0 Å². The van der Waals surface area contributed by atoms with E-state index in [0.717, 1.165) is 0 Å². The van der Waals surface area contributed by atoms with Crippen molar-refractivity contribution in [2.75, 3.05) is 0 Å². The SMILES string of the molecule is O=C(O)c1ccc(Oc2ccc(Br)cc2F)cn1. The van der Waals surface area contributed by atoms with E-state index < -0.39 is 11.8 Å². The van der Waals surface area contributed by atoms with Crippen molar-refractivity contribution in [1.29, 1.82) is 0 Å². The molecule has 1 aromatic carbocycles. The minimum absolute atomic E-state index is 0.0445. The Morgan fingerprint density at radius 1 is 1.33 bits per heavy atom. The van der Waals surface area contributed by atoms with Gasteiger partial charge in [-0.3, -0.25) is 0 Å². The Balaban J connectivity index is 2.21. The molecule has 0 fully saturated rings. The van der Waals surface area contributed by atoms with E-state index >= 15 is 0 Å². The molecule has 18 heavy (non-hydrogen) atoms. The zero-order valence-corrected chi connectivity index (χ0v) is 10.5. The van der Waals surface area contributed by atoms with Crippen molar-refractivity contribution >= 4 is 21.9 Å². The Bertz CT molecular complexity index is 586. The van der Waals surface area contributed by atoms with Gasteiger partial charge in [-0.15, -0.1) is 0 Å². The summed E-state index contributed by atoms with van der Waals surface area (Å²) in [7, 11) is 0. The van der Waals surface area contributed by atoms with Crippen LogP contribution in [-0.4, -0.2) is 16.1 Å². The number of aromatic nitrogens is 1. The second kappa shape index (κ2) is 5.14. The molecule has 0 radical (unpaired) electrons. The van der Waals surface area contributed by atoms with E-state index in [9.17, 15) is 9.18 Å². The first-order valence-electron chi connectivity index (χ1n) is 4.88. The Morgan fingerprint density at radius 3 is 2.67 bits per heavy atom. The molecule has 0 bridgehead atoms. The highest BCUT2D eigenvalue weighted by Crippen LogP contribution is 2.26. The van der Waals surface area contributed by atoms with Gasteiger partial charge in [0.1, 0.15) is 11.4 Å². The van der Waals surface area contributed by atoms with Gasteiger partial charge >= 0.3 is 5.97 Å². The average Bonchev–Trinajstić information content (AvgIpc) is 2.33. The average molecular weight is 312 g/mol. The van der Waals surface area contributed by atoms with E-state index in [1.54, 1.807) is 6.07 Å². The van der Waals surface area contributed by atoms with Crippen LogP contribution in [0, 0.1) is 5.82 Å². The maximum absolute atomic E-state index is 13.5. The number of pyridine rings is 1. The van der Waals surface area contributed by atoms with Crippen molar-refractivity contribution in [3.63, 3.8) is 0 Å². The lowest BCUT2D eigenvalue weighted by Gasteiger charge is -2.06. The third kappa shape index (κ3) is 2.84. The summed E-state index contributed by atoms with van der Waals surface area (Å²) in [6, 6.07) is 7.07. The summed E-state index contributed by atoms with van der Waals surface area (Å²) in [5, 5.41) is 8.67. The molecule has 0 saturated heterocycles. The van der Waals surface area contributed by atoms with Crippen LogP contribution in [0.2, 0.25) is 0 Å². The first-order chi connectivity index (χ1) is 8.56. The predicted octanol–water partition coefficient (Wildman–Crippen LogP) is 3.47. The Morgan fingerprint density at radius 2 is 2.11 bits per heavy atom. The molecule has 1 aromatic heterocycles. The van der Waals surface area contributed by atoms with Gasteiger partial charge in [0.2, 0.25) is 0 Å². The molecule has 0 amide bonds. The fourth-order valence-electron chi connectivity index (χ4n) is 1.25. The van der Waals surface area contributed by atoms with Crippen molar-refractivity contribution < 1.29 is 19.0 Å². The number of rotatable bonds is 3. The summed E-state index contributed by atoms with van der Waals surface area (Å²) in [5.74, 6) is -1.34. The van der Waals surface area contributed by atoms with E-state index in [0.29, 0.717) is 4.47 Å². The maximum atomic E-state index is 13.5. The van der Waals surface area contributed by atoms with Crippen molar-refractivity contribution in [2.45, 2.75) is 0 Å². The quantitative estimate of drug-likeness (QED) is 0.943. The largest absolute Gasteiger partial charge is 0.477 e. The minimum atomic E-state index is -1.13.